The fourth-order valence-corrected chi connectivity index (χ4v) is 1.35. The molecule has 0 fully saturated rings. The largest absolute Gasteiger partial charge is 0.206 e. The molecule has 0 N–H and O–H groups in total. The Kier molecular flexibility index (Phi) is 5.50. The van der Waals surface area contributed by atoms with Gasteiger partial charge in [0.25, 0.3) is 0 Å². The highest BCUT2D eigenvalue weighted by Gasteiger charge is 1.92. The molecule has 0 unspecified atom stereocenters. The minimum atomic E-state index is 0.986. The highest BCUT2D eigenvalue weighted by molar-refractivity contribution is 5.62. The highest BCUT2D eigenvalue weighted by atomic mass is 14.7. The molecule has 0 saturated heterocycles. The number of benzene rings is 1. The van der Waals surface area contributed by atoms with Gasteiger partial charge in [-0.1, -0.05) is 38.5 Å². The minimum Gasteiger partial charge on any atom is -0.206 e. The van der Waals surface area contributed by atoms with Crippen molar-refractivity contribution in [2.24, 2.45) is 4.99 Å². The van der Waals surface area contributed by atoms with Crippen molar-refractivity contribution in [2.75, 3.05) is 0 Å². The summed E-state index contributed by atoms with van der Waals surface area (Å²) in [7, 11) is 0. The van der Waals surface area contributed by atoms with Gasteiger partial charge in [-0.15, -0.1) is 0 Å². The van der Waals surface area contributed by atoms with Crippen LogP contribution < -0.4 is 0 Å². The number of nitrogens with zero attached hydrogens (tertiary/aromatic N) is 1. The second kappa shape index (κ2) is 7.03. The van der Waals surface area contributed by atoms with Crippen LogP contribution in [0, 0.1) is 0 Å². The second-order valence-electron chi connectivity index (χ2n) is 3.62. The summed E-state index contributed by atoms with van der Waals surface area (Å²) in [5, 5.41) is 0. The molecule has 0 aliphatic rings. The van der Waals surface area contributed by atoms with Gasteiger partial charge in [0, 0.05) is 0 Å². The summed E-state index contributed by atoms with van der Waals surface area (Å²) in [4.78, 5) is 4.34. The summed E-state index contributed by atoms with van der Waals surface area (Å²) in [6.07, 6.45) is 4.65. The first kappa shape index (κ1) is 11.7. The summed E-state index contributed by atoms with van der Waals surface area (Å²) in [6, 6.07) is 10.00. The molecule has 0 amide bonds. The lowest BCUT2D eigenvalue weighted by Crippen LogP contribution is -1.82. The molecule has 0 aliphatic heterocycles. The lowest BCUT2D eigenvalue weighted by atomic mass is 10.1. The van der Waals surface area contributed by atoms with Crippen LogP contribution in [0.15, 0.2) is 40.9 Å². The van der Waals surface area contributed by atoms with Crippen molar-refractivity contribution >= 4 is 11.6 Å². The molecule has 0 bridgehead atoms. The van der Waals surface area contributed by atoms with Gasteiger partial charge in [0.15, 0.2) is 0 Å². The molecule has 15 heavy (non-hydrogen) atoms. The van der Waals surface area contributed by atoms with Crippen LogP contribution >= 0.6 is 0 Å². The van der Waals surface area contributed by atoms with Gasteiger partial charge in [0.2, 0.25) is 0 Å². The number of aliphatic imine (C=N–C) groups is 1. The fraction of sp³-hybridized carbons (Fsp3) is 0.429. The predicted octanol–water partition coefficient (Wildman–Crippen LogP) is 4.51. The molecule has 0 aliphatic carbocycles. The highest BCUT2D eigenvalue weighted by Crippen LogP contribution is 2.11. The van der Waals surface area contributed by atoms with Gasteiger partial charge in [-0.3, -0.25) is 0 Å². The number of hydrogen-bond acceptors (Lipinski definition) is 1. The number of rotatable bonds is 5. The SMILES string of the molecule is CCCCC(=C=Nc1ccccc1)CC. The third-order valence-electron chi connectivity index (χ3n) is 2.36. The lowest BCUT2D eigenvalue weighted by Gasteiger charge is -1.97. The summed E-state index contributed by atoms with van der Waals surface area (Å²) >= 11 is 0. The van der Waals surface area contributed by atoms with E-state index in [-0.39, 0.29) is 0 Å². The van der Waals surface area contributed by atoms with E-state index >= 15 is 0 Å². The lowest BCUT2D eigenvalue weighted by molar-refractivity contribution is 0.773. The van der Waals surface area contributed by atoms with E-state index in [4.69, 9.17) is 0 Å². The summed E-state index contributed by atoms with van der Waals surface area (Å²) in [5.74, 6) is 3.16. The molecule has 1 aromatic carbocycles. The first-order valence-corrected chi connectivity index (χ1v) is 5.73. The maximum Gasteiger partial charge on any atom is 0.0729 e. The van der Waals surface area contributed by atoms with Crippen molar-refractivity contribution in [3.63, 3.8) is 0 Å². The van der Waals surface area contributed by atoms with Gasteiger partial charge in [-0.2, -0.15) is 0 Å². The van der Waals surface area contributed by atoms with Crippen molar-refractivity contribution in [3.05, 3.63) is 35.9 Å². The van der Waals surface area contributed by atoms with E-state index < -0.39 is 0 Å². The molecule has 0 atom stereocenters. The van der Waals surface area contributed by atoms with Crippen molar-refractivity contribution in [1.82, 2.24) is 0 Å². The van der Waals surface area contributed by atoms with Gasteiger partial charge >= 0.3 is 0 Å². The van der Waals surface area contributed by atoms with Gasteiger partial charge < -0.3 is 0 Å². The van der Waals surface area contributed by atoms with E-state index in [1.165, 1.54) is 18.4 Å². The van der Waals surface area contributed by atoms with Crippen LogP contribution in [-0.2, 0) is 0 Å². The van der Waals surface area contributed by atoms with Crippen LogP contribution in [0.3, 0.4) is 0 Å². The van der Waals surface area contributed by atoms with Gasteiger partial charge in [0.1, 0.15) is 0 Å². The summed E-state index contributed by atoms with van der Waals surface area (Å²) in [6.45, 7) is 4.38. The average molecular weight is 201 g/mol. The summed E-state index contributed by atoms with van der Waals surface area (Å²) in [5.41, 5.74) is 2.31. The number of para-hydroxylation sites is 1. The molecular formula is C14H19N. The molecule has 0 radical (unpaired) electrons. The van der Waals surface area contributed by atoms with Crippen molar-refractivity contribution in [3.8, 4) is 0 Å². The molecule has 1 aromatic rings. The smallest absolute Gasteiger partial charge is 0.0729 e. The number of hydrogen-bond donors (Lipinski definition) is 0. The van der Waals surface area contributed by atoms with E-state index in [0.29, 0.717) is 0 Å². The van der Waals surface area contributed by atoms with E-state index in [2.05, 4.69) is 24.7 Å². The Hall–Kier alpha value is -1.33. The third kappa shape index (κ3) is 4.62. The predicted molar refractivity (Wildman–Crippen MR) is 66.9 cm³/mol. The van der Waals surface area contributed by atoms with Crippen LogP contribution in [0.4, 0.5) is 5.69 Å². The van der Waals surface area contributed by atoms with Crippen LogP contribution in [0.1, 0.15) is 39.5 Å². The monoisotopic (exact) mass is 201 g/mol. The molecular weight excluding hydrogens is 182 g/mol. The fourth-order valence-electron chi connectivity index (χ4n) is 1.35. The summed E-state index contributed by atoms with van der Waals surface area (Å²) < 4.78 is 0. The van der Waals surface area contributed by atoms with Crippen molar-refractivity contribution in [2.45, 2.75) is 39.5 Å². The maximum absolute atomic E-state index is 4.34. The minimum absolute atomic E-state index is 0.986. The number of unbranched alkanes of at least 4 members (excludes halogenated alkanes) is 1. The molecule has 1 nitrogen and oxygen atoms in total. The zero-order valence-electron chi connectivity index (χ0n) is 9.66. The Morgan fingerprint density at radius 1 is 1.20 bits per heavy atom. The van der Waals surface area contributed by atoms with Crippen LogP contribution in [0.5, 0.6) is 0 Å². The molecule has 0 heterocycles. The van der Waals surface area contributed by atoms with Gasteiger partial charge in [-0.25, -0.2) is 4.99 Å². The number of allylic oxidation sites excluding steroid dienone is 1. The Morgan fingerprint density at radius 3 is 2.53 bits per heavy atom. The van der Waals surface area contributed by atoms with Crippen LogP contribution in [-0.4, -0.2) is 5.87 Å². The van der Waals surface area contributed by atoms with Crippen molar-refractivity contribution < 1.29 is 0 Å². The van der Waals surface area contributed by atoms with E-state index in [0.717, 1.165) is 18.5 Å². The Morgan fingerprint density at radius 2 is 1.93 bits per heavy atom. The average Bonchev–Trinajstić information content (AvgIpc) is 2.31. The molecule has 80 valence electrons. The van der Waals surface area contributed by atoms with Crippen LogP contribution in [0.2, 0.25) is 0 Å². The Bertz CT molecular complexity index is 332. The molecule has 0 spiro atoms. The normalized spacial score (nSPS) is 9.47. The first-order chi connectivity index (χ1) is 7.36. The molecule has 1 heteroatoms. The van der Waals surface area contributed by atoms with Crippen LogP contribution in [0.25, 0.3) is 0 Å². The maximum atomic E-state index is 4.34. The standard InChI is InChI=1S/C14H19N/c1-3-5-9-13(4-2)12-15-14-10-7-6-8-11-14/h6-8,10-11H,3-5,9H2,1-2H3. The molecule has 0 saturated carbocycles. The zero-order valence-corrected chi connectivity index (χ0v) is 9.66. The second-order valence-corrected chi connectivity index (χ2v) is 3.62. The Labute approximate surface area is 92.6 Å². The quantitative estimate of drug-likeness (QED) is 0.621. The van der Waals surface area contributed by atoms with Gasteiger partial charge in [-0.05, 0) is 42.8 Å². The van der Waals surface area contributed by atoms with E-state index in [1.54, 1.807) is 0 Å². The molecule has 0 aromatic heterocycles. The van der Waals surface area contributed by atoms with E-state index in [1.807, 2.05) is 30.3 Å². The van der Waals surface area contributed by atoms with Crippen molar-refractivity contribution in [1.29, 1.82) is 0 Å². The first-order valence-electron chi connectivity index (χ1n) is 5.73. The third-order valence-corrected chi connectivity index (χ3v) is 2.36. The van der Waals surface area contributed by atoms with Gasteiger partial charge in [0.05, 0.1) is 5.69 Å². The molecule has 1 rings (SSSR count). The zero-order chi connectivity index (χ0) is 10.9. The topological polar surface area (TPSA) is 12.4 Å². The Balaban J connectivity index is 2.70. The van der Waals surface area contributed by atoms with E-state index in [9.17, 15) is 0 Å².